The van der Waals surface area contributed by atoms with Crippen LogP contribution in [0.5, 0.6) is 0 Å². The molecule has 0 bridgehead atoms. The Morgan fingerprint density at radius 1 is 0.531 bits per heavy atom. The molecule has 0 aliphatic carbocycles. The Bertz CT molecular complexity index is 570. The number of carbonyl (C=O) groups excluding carboxylic acids is 1. The van der Waals surface area contributed by atoms with Gasteiger partial charge >= 0.3 is 0 Å². The zero-order chi connectivity index (χ0) is 25.8. The average Bonchev–Trinajstić information content (AvgIpc) is 2.48. The molecule has 0 aliphatic rings. The molecule has 0 fully saturated rings. The smallest absolute Gasteiger partial charge is 0.184 e. The van der Waals surface area contributed by atoms with Crippen molar-refractivity contribution in [3.8, 4) is 0 Å². The summed E-state index contributed by atoms with van der Waals surface area (Å²) < 4.78 is 32.8. The highest BCUT2D eigenvalue weighted by Crippen LogP contribution is 2.28. The molecule has 192 valence electrons. The second-order valence-electron chi connectivity index (χ2n) is 13.4. The van der Waals surface area contributed by atoms with Crippen LogP contribution < -0.4 is 0 Å². The monoisotopic (exact) mass is 540 g/mol. The zero-order valence-electron chi connectivity index (χ0n) is 23.5. The van der Waals surface area contributed by atoms with Gasteiger partial charge in [-0.15, -0.1) is 0 Å². The number of hydrogen-bond donors (Lipinski definition) is 0. The SMILES string of the molecule is C[Si](C)(C)OC[C@@H](O[Si](C)(C)C)[C@H](O[Si](C)(C)C)[C@H](O[Si](C)(C)C)[C@H](C=O)O[Si](C)(C)C. The van der Waals surface area contributed by atoms with E-state index in [2.05, 4.69) is 98.2 Å². The van der Waals surface area contributed by atoms with Crippen molar-refractivity contribution in [1.29, 1.82) is 0 Å². The minimum Gasteiger partial charge on any atom is -0.415 e. The van der Waals surface area contributed by atoms with E-state index in [1.807, 2.05) is 0 Å². The normalized spacial score (nSPS) is 18.2. The molecule has 32 heavy (non-hydrogen) atoms. The highest BCUT2D eigenvalue weighted by atomic mass is 28.4. The molecule has 0 saturated carbocycles. The second kappa shape index (κ2) is 12.0. The van der Waals surface area contributed by atoms with Crippen molar-refractivity contribution in [2.24, 2.45) is 0 Å². The molecule has 0 radical (unpaired) electrons. The van der Waals surface area contributed by atoms with Gasteiger partial charge in [0.2, 0.25) is 0 Å². The summed E-state index contributed by atoms with van der Waals surface area (Å²) in [6, 6.07) is 0. The van der Waals surface area contributed by atoms with Gasteiger partial charge in [-0.2, -0.15) is 0 Å². The van der Waals surface area contributed by atoms with Crippen LogP contribution >= 0.6 is 0 Å². The van der Waals surface area contributed by atoms with Crippen LogP contribution in [0.1, 0.15) is 0 Å². The van der Waals surface area contributed by atoms with Crippen molar-refractivity contribution in [2.45, 2.75) is 123 Å². The summed E-state index contributed by atoms with van der Waals surface area (Å²) >= 11 is 0. The summed E-state index contributed by atoms with van der Waals surface area (Å²) in [5.74, 6) is 0. The molecule has 0 rings (SSSR count). The van der Waals surface area contributed by atoms with Crippen LogP contribution in [0.4, 0.5) is 0 Å². The number of aldehydes is 1. The van der Waals surface area contributed by atoms with Gasteiger partial charge in [0.05, 0.1) is 18.8 Å². The van der Waals surface area contributed by atoms with Gasteiger partial charge in [0.25, 0.3) is 0 Å². The quantitative estimate of drug-likeness (QED) is 0.190. The Morgan fingerprint density at radius 2 is 0.906 bits per heavy atom. The van der Waals surface area contributed by atoms with Crippen molar-refractivity contribution in [3.63, 3.8) is 0 Å². The molecule has 0 saturated heterocycles. The molecule has 4 atom stereocenters. The third kappa shape index (κ3) is 16.2. The Balaban J connectivity index is 6.51. The Hall–Kier alpha value is 0.554. The molecule has 0 heterocycles. The van der Waals surface area contributed by atoms with Crippen LogP contribution in [0.25, 0.3) is 0 Å². The van der Waals surface area contributed by atoms with Gasteiger partial charge in [-0.1, -0.05) is 0 Å². The maximum Gasteiger partial charge on any atom is 0.184 e. The largest absolute Gasteiger partial charge is 0.415 e. The molecule has 11 heteroatoms. The van der Waals surface area contributed by atoms with Gasteiger partial charge in [0.15, 0.2) is 41.6 Å². The fourth-order valence-electron chi connectivity index (χ4n) is 3.05. The lowest BCUT2D eigenvalue weighted by molar-refractivity contribution is -0.127. The summed E-state index contributed by atoms with van der Waals surface area (Å²) in [5, 5.41) is 0. The van der Waals surface area contributed by atoms with E-state index in [0.29, 0.717) is 6.61 Å². The van der Waals surface area contributed by atoms with E-state index in [-0.39, 0.29) is 6.10 Å². The van der Waals surface area contributed by atoms with Gasteiger partial charge < -0.3 is 26.9 Å². The first-order chi connectivity index (χ1) is 13.9. The summed E-state index contributed by atoms with van der Waals surface area (Å²) in [5.41, 5.74) is 0. The topological polar surface area (TPSA) is 63.2 Å². The highest BCUT2D eigenvalue weighted by molar-refractivity contribution is 6.71. The molecule has 0 aromatic carbocycles. The van der Waals surface area contributed by atoms with E-state index in [1.54, 1.807) is 0 Å². The van der Waals surface area contributed by atoms with Crippen LogP contribution in [0, 0.1) is 0 Å². The van der Waals surface area contributed by atoms with Crippen LogP contribution in [-0.2, 0) is 26.9 Å². The van der Waals surface area contributed by atoms with E-state index in [9.17, 15) is 4.79 Å². The van der Waals surface area contributed by atoms with E-state index in [0.717, 1.165) is 6.29 Å². The zero-order valence-corrected chi connectivity index (χ0v) is 28.5. The maximum absolute atomic E-state index is 12.3. The molecular weight excluding hydrogens is 489 g/mol. The lowest BCUT2D eigenvalue weighted by Gasteiger charge is -2.44. The van der Waals surface area contributed by atoms with Crippen LogP contribution in [0.3, 0.4) is 0 Å². The Kier molecular flexibility index (Phi) is 12.2. The van der Waals surface area contributed by atoms with E-state index in [1.165, 1.54) is 0 Å². The van der Waals surface area contributed by atoms with E-state index in [4.69, 9.17) is 22.1 Å². The van der Waals surface area contributed by atoms with Gasteiger partial charge in [-0.05, 0) is 98.2 Å². The maximum atomic E-state index is 12.3. The Labute approximate surface area is 203 Å². The van der Waals surface area contributed by atoms with Crippen molar-refractivity contribution in [3.05, 3.63) is 0 Å². The van der Waals surface area contributed by atoms with Crippen molar-refractivity contribution < 1.29 is 26.9 Å². The van der Waals surface area contributed by atoms with E-state index >= 15 is 0 Å². The summed E-state index contributed by atoms with van der Waals surface area (Å²) in [4.78, 5) is 12.3. The second-order valence-corrected chi connectivity index (χ2v) is 35.8. The van der Waals surface area contributed by atoms with Gasteiger partial charge in [0, 0.05) is 0 Å². The predicted molar refractivity (Wildman–Crippen MR) is 148 cm³/mol. The van der Waals surface area contributed by atoms with Crippen molar-refractivity contribution in [1.82, 2.24) is 0 Å². The summed E-state index contributed by atoms with van der Waals surface area (Å²) in [6.07, 6.45) is -1.11. The molecule has 0 amide bonds. The average molecular weight is 541 g/mol. The standard InChI is InChI=1S/C21H52O6Si5/c1-28(2,3)23-17-19(25-30(7,8)9)21(27-32(13,14)15)20(26-31(10,11)12)18(16-22)24-29(4,5)6/h16,18-21H,17H2,1-15H3/t18-,19+,20+,21-/m0/s1. The first-order valence-corrected chi connectivity index (χ1v) is 28.8. The fourth-order valence-corrected chi connectivity index (χ4v) is 8.02. The third-order valence-electron chi connectivity index (χ3n) is 3.80. The molecule has 0 aromatic heterocycles. The number of carbonyl (C=O) groups is 1. The fraction of sp³-hybridized carbons (Fsp3) is 0.952. The minimum atomic E-state index is -2.04. The first kappa shape index (κ1) is 32.6. The molecule has 0 unspecified atom stereocenters. The summed E-state index contributed by atoms with van der Waals surface area (Å²) in [7, 11) is -9.81. The van der Waals surface area contributed by atoms with Crippen LogP contribution in [-0.4, -0.2) is 78.9 Å². The molecular formula is C21H52O6Si5. The van der Waals surface area contributed by atoms with Gasteiger partial charge in [-0.25, -0.2) is 0 Å². The van der Waals surface area contributed by atoms with Crippen molar-refractivity contribution in [2.75, 3.05) is 6.61 Å². The van der Waals surface area contributed by atoms with E-state index < -0.39 is 59.9 Å². The molecule has 0 aliphatic heterocycles. The lowest BCUT2D eigenvalue weighted by atomic mass is 10.0. The first-order valence-electron chi connectivity index (χ1n) is 11.7. The lowest BCUT2D eigenvalue weighted by Crippen LogP contribution is -2.59. The summed E-state index contributed by atoms with van der Waals surface area (Å²) in [6.45, 7) is 32.6. The number of rotatable bonds is 15. The van der Waals surface area contributed by atoms with Gasteiger partial charge in [0.1, 0.15) is 18.5 Å². The highest BCUT2D eigenvalue weighted by Gasteiger charge is 2.45. The third-order valence-corrected chi connectivity index (χ3v) is 8.78. The van der Waals surface area contributed by atoms with Gasteiger partial charge in [-0.3, -0.25) is 0 Å². The number of hydrogen-bond acceptors (Lipinski definition) is 6. The molecule has 0 N–H and O–H groups in total. The molecule has 6 nitrogen and oxygen atoms in total. The Morgan fingerprint density at radius 3 is 1.22 bits per heavy atom. The predicted octanol–water partition coefficient (Wildman–Crippen LogP) is 5.92. The van der Waals surface area contributed by atoms with Crippen LogP contribution in [0.15, 0.2) is 0 Å². The van der Waals surface area contributed by atoms with Crippen molar-refractivity contribution >= 4 is 47.9 Å². The molecule has 0 aromatic rings. The van der Waals surface area contributed by atoms with Crippen LogP contribution in [0.2, 0.25) is 98.2 Å². The minimum absolute atomic E-state index is 0.325. The molecule has 0 spiro atoms.